The molecular weight excluding hydrogens is 269 g/mol. The number of hydrogen-bond acceptors (Lipinski definition) is 3. The maximum absolute atomic E-state index is 12.5. The molecule has 0 atom stereocenters. The first-order chi connectivity index (χ1) is 8.32. The first kappa shape index (κ1) is 12.6. The highest BCUT2D eigenvalue weighted by Gasteiger charge is 2.32. The van der Waals surface area contributed by atoms with Gasteiger partial charge in [-0.05, 0) is 24.3 Å². The molecule has 0 radical (unpaired) electrons. The van der Waals surface area contributed by atoms with Crippen molar-refractivity contribution >= 4 is 9.84 Å². The van der Waals surface area contributed by atoms with Gasteiger partial charge in [-0.25, -0.2) is 8.42 Å². The molecule has 4 nitrogen and oxygen atoms in total. The number of alkyl halides is 3. The van der Waals surface area contributed by atoms with Gasteiger partial charge >= 0.3 is 6.18 Å². The van der Waals surface area contributed by atoms with Crippen LogP contribution in [0.25, 0.3) is 0 Å². The second-order valence-corrected chi connectivity index (χ2v) is 5.37. The minimum absolute atomic E-state index is 0.248. The lowest BCUT2D eigenvalue weighted by Crippen LogP contribution is -2.08. The average molecular weight is 276 g/mol. The van der Waals surface area contributed by atoms with Gasteiger partial charge in [-0.3, -0.25) is 5.10 Å². The molecule has 18 heavy (non-hydrogen) atoms. The van der Waals surface area contributed by atoms with Crippen LogP contribution in [0.3, 0.4) is 0 Å². The van der Waals surface area contributed by atoms with Crippen molar-refractivity contribution in [3.05, 3.63) is 42.1 Å². The maximum Gasteiger partial charge on any atom is 0.416 e. The Morgan fingerprint density at radius 3 is 2.44 bits per heavy atom. The van der Waals surface area contributed by atoms with Crippen LogP contribution in [0.2, 0.25) is 0 Å². The van der Waals surface area contributed by atoms with Gasteiger partial charge in [-0.1, -0.05) is 6.07 Å². The van der Waals surface area contributed by atoms with E-state index >= 15 is 0 Å². The maximum atomic E-state index is 12.5. The van der Waals surface area contributed by atoms with E-state index in [1.807, 2.05) is 0 Å². The zero-order valence-electron chi connectivity index (χ0n) is 8.77. The number of nitrogens with one attached hydrogen (secondary N) is 1. The Kier molecular flexibility index (Phi) is 2.89. The third kappa shape index (κ3) is 2.23. The zero-order valence-corrected chi connectivity index (χ0v) is 9.59. The lowest BCUT2D eigenvalue weighted by atomic mass is 10.2. The standard InChI is InChI=1S/C10H7F3N2O2S/c11-10(12,13)7-2-1-3-8(6-7)18(16,17)9-4-5-14-15-9/h1-6H,(H,14,15). The first-order valence-corrected chi connectivity index (χ1v) is 6.22. The molecule has 0 aliphatic heterocycles. The molecule has 1 heterocycles. The van der Waals surface area contributed by atoms with Gasteiger partial charge < -0.3 is 0 Å². The van der Waals surface area contributed by atoms with Crippen LogP contribution in [-0.2, 0) is 16.0 Å². The number of rotatable bonds is 2. The summed E-state index contributed by atoms with van der Waals surface area (Å²) in [6, 6.07) is 4.73. The largest absolute Gasteiger partial charge is 0.416 e. The predicted molar refractivity (Wildman–Crippen MR) is 55.5 cm³/mol. The van der Waals surface area contributed by atoms with Crippen molar-refractivity contribution in [3.63, 3.8) is 0 Å². The van der Waals surface area contributed by atoms with Crippen LogP contribution >= 0.6 is 0 Å². The van der Waals surface area contributed by atoms with E-state index < -0.39 is 26.5 Å². The number of aromatic nitrogens is 2. The van der Waals surface area contributed by atoms with Crippen LogP contribution in [0.15, 0.2) is 46.5 Å². The van der Waals surface area contributed by atoms with Gasteiger partial charge in [0.1, 0.15) is 0 Å². The Balaban J connectivity index is 2.54. The molecule has 0 bridgehead atoms. The molecule has 2 aromatic rings. The minimum atomic E-state index is -4.58. The van der Waals surface area contributed by atoms with Crippen molar-refractivity contribution in [2.24, 2.45) is 0 Å². The fourth-order valence-electron chi connectivity index (χ4n) is 1.36. The smallest absolute Gasteiger partial charge is 0.267 e. The molecule has 0 aliphatic rings. The summed E-state index contributed by atoms with van der Waals surface area (Å²) >= 11 is 0. The second-order valence-electron chi connectivity index (χ2n) is 3.45. The summed E-state index contributed by atoms with van der Waals surface area (Å²) in [5.74, 6) is 0. The third-order valence-corrected chi connectivity index (χ3v) is 3.92. The van der Waals surface area contributed by atoms with E-state index in [9.17, 15) is 21.6 Å². The fraction of sp³-hybridized carbons (Fsp3) is 0.100. The molecule has 1 aromatic heterocycles. The molecule has 0 aliphatic carbocycles. The number of nitrogens with zero attached hydrogens (tertiary/aromatic N) is 1. The molecule has 0 spiro atoms. The van der Waals surface area contributed by atoms with Gasteiger partial charge in [0, 0.05) is 0 Å². The molecule has 0 saturated carbocycles. The zero-order chi connectivity index (χ0) is 13.4. The summed E-state index contributed by atoms with van der Waals surface area (Å²) in [7, 11) is -4.00. The summed E-state index contributed by atoms with van der Waals surface area (Å²) in [5.41, 5.74) is -1.01. The van der Waals surface area contributed by atoms with E-state index in [1.54, 1.807) is 0 Å². The number of benzene rings is 1. The van der Waals surface area contributed by atoms with Crippen LogP contribution in [-0.4, -0.2) is 18.6 Å². The predicted octanol–water partition coefficient (Wildman–Crippen LogP) is 2.26. The van der Waals surface area contributed by atoms with Gasteiger partial charge in [0.25, 0.3) is 0 Å². The Hall–Kier alpha value is -1.83. The van der Waals surface area contributed by atoms with Crippen molar-refractivity contribution in [1.82, 2.24) is 10.2 Å². The van der Waals surface area contributed by atoms with Gasteiger partial charge in [-0.15, -0.1) is 0 Å². The van der Waals surface area contributed by atoms with Crippen molar-refractivity contribution in [1.29, 1.82) is 0 Å². The highest BCUT2D eigenvalue weighted by atomic mass is 32.2. The molecule has 2 rings (SSSR count). The van der Waals surface area contributed by atoms with Crippen molar-refractivity contribution in [2.75, 3.05) is 0 Å². The SMILES string of the molecule is O=S(=O)(c1cccc(C(F)(F)F)c1)c1ccn[nH]1. The lowest BCUT2D eigenvalue weighted by molar-refractivity contribution is -0.137. The molecule has 0 amide bonds. The lowest BCUT2D eigenvalue weighted by Gasteiger charge is -2.08. The van der Waals surface area contributed by atoms with Crippen molar-refractivity contribution < 1.29 is 21.6 Å². The Morgan fingerprint density at radius 2 is 1.89 bits per heavy atom. The number of hydrogen-bond donors (Lipinski definition) is 1. The third-order valence-electron chi connectivity index (χ3n) is 2.24. The van der Waals surface area contributed by atoms with Crippen molar-refractivity contribution in [2.45, 2.75) is 16.1 Å². The fourth-order valence-corrected chi connectivity index (χ4v) is 2.57. The molecular formula is C10H7F3N2O2S. The highest BCUT2D eigenvalue weighted by molar-refractivity contribution is 7.91. The number of H-pyrrole nitrogens is 1. The summed E-state index contributed by atoms with van der Waals surface area (Å²) in [4.78, 5) is -0.429. The normalized spacial score (nSPS) is 12.6. The average Bonchev–Trinajstić information content (AvgIpc) is 2.82. The van der Waals surface area contributed by atoms with E-state index in [2.05, 4.69) is 10.2 Å². The van der Waals surface area contributed by atoms with Gasteiger partial charge in [-0.2, -0.15) is 18.3 Å². The van der Waals surface area contributed by atoms with Crippen LogP contribution in [0.4, 0.5) is 13.2 Å². The minimum Gasteiger partial charge on any atom is -0.267 e. The molecule has 96 valence electrons. The Bertz CT molecular complexity index is 648. The molecule has 0 saturated heterocycles. The number of aromatic amines is 1. The molecule has 0 unspecified atom stereocenters. The summed E-state index contributed by atoms with van der Waals surface area (Å²) in [6.45, 7) is 0. The Morgan fingerprint density at radius 1 is 1.17 bits per heavy atom. The monoisotopic (exact) mass is 276 g/mol. The second kappa shape index (κ2) is 4.13. The summed E-state index contributed by atoms with van der Waals surface area (Å²) < 4.78 is 61.3. The Labute approximate surface area is 100 Å². The summed E-state index contributed by atoms with van der Waals surface area (Å²) in [6.07, 6.45) is -3.37. The van der Waals surface area contributed by atoms with E-state index in [0.717, 1.165) is 18.2 Å². The molecule has 8 heteroatoms. The summed E-state index contributed by atoms with van der Waals surface area (Å²) in [5, 5.41) is 5.43. The van der Waals surface area contributed by atoms with Gasteiger partial charge in [0.2, 0.25) is 9.84 Å². The van der Waals surface area contributed by atoms with Crippen LogP contribution in [0.5, 0.6) is 0 Å². The van der Waals surface area contributed by atoms with E-state index in [4.69, 9.17) is 0 Å². The van der Waals surface area contributed by atoms with Crippen molar-refractivity contribution in [3.8, 4) is 0 Å². The molecule has 1 aromatic carbocycles. The molecule has 0 fully saturated rings. The topological polar surface area (TPSA) is 62.8 Å². The van der Waals surface area contributed by atoms with Crippen LogP contribution in [0, 0.1) is 0 Å². The van der Waals surface area contributed by atoms with Gasteiger partial charge in [0.15, 0.2) is 5.03 Å². The van der Waals surface area contributed by atoms with Gasteiger partial charge in [0.05, 0.1) is 16.7 Å². The quantitative estimate of drug-likeness (QED) is 0.915. The number of halogens is 3. The molecule has 1 N–H and O–H groups in total. The van der Waals surface area contributed by atoms with Crippen LogP contribution in [0.1, 0.15) is 5.56 Å². The number of sulfone groups is 1. The highest BCUT2D eigenvalue weighted by Crippen LogP contribution is 2.31. The first-order valence-electron chi connectivity index (χ1n) is 4.73. The van der Waals surface area contributed by atoms with E-state index in [1.165, 1.54) is 12.3 Å². The van der Waals surface area contributed by atoms with E-state index in [0.29, 0.717) is 6.07 Å². The van der Waals surface area contributed by atoms with E-state index in [-0.39, 0.29) is 5.03 Å². The van der Waals surface area contributed by atoms with Crippen LogP contribution < -0.4 is 0 Å².